The maximum Gasteiger partial charge on any atom is 0.267 e. The average Bonchev–Trinajstić information content (AvgIpc) is 2.32. The second kappa shape index (κ2) is 5.38. The van der Waals surface area contributed by atoms with Gasteiger partial charge in [-0.05, 0) is 26.0 Å². The first-order valence-electron chi connectivity index (χ1n) is 5.63. The predicted octanol–water partition coefficient (Wildman–Crippen LogP) is 3.18. The fourth-order valence-electron chi connectivity index (χ4n) is 1.78. The first-order valence-corrected chi connectivity index (χ1v) is 6.73. The average molecular weight is 287 g/mol. The second-order valence-electron chi connectivity index (χ2n) is 4.24. The van der Waals surface area contributed by atoms with Gasteiger partial charge in [0.1, 0.15) is 6.73 Å². The standard InChI is InChI=1S/C12H15ClN2O2S/c1-8(2)15-12(16)9-5-4-6-10(13)11(9)14(18-15)7-17-3/h4-6,8H,7H2,1-3H3. The molecule has 0 radical (unpaired) electrons. The summed E-state index contributed by atoms with van der Waals surface area (Å²) in [4.78, 5) is 12.3. The van der Waals surface area contributed by atoms with Crippen LogP contribution in [0.15, 0.2) is 18.2 Å². The smallest absolute Gasteiger partial charge is 0.267 e. The van der Waals surface area contributed by atoms with E-state index in [1.165, 1.54) is 12.1 Å². The van der Waals surface area contributed by atoms with E-state index in [0.717, 1.165) is 5.69 Å². The molecule has 0 unspecified atom stereocenters. The van der Waals surface area contributed by atoms with Crippen molar-refractivity contribution in [2.24, 2.45) is 0 Å². The number of amides is 1. The van der Waals surface area contributed by atoms with Crippen molar-refractivity contribution < 1.29 is 9.53 Å². The number of benzene rings is 1. The third-order valence-corrected chi connectivity index (χ3v) is 4.12. The van der Waals surface area contributed by atoms with Gasteiger partial charge in [-0.15, -0.1) is 0 Å². The molecule has 6 heteroatoms. The van der Waals surface area contributed by atoms with E-state index < -0.39 is 0 Å². The Hall–Kier alpha value is -0.910. The second-order valence-corrected chi connectivity index (χ2v) is 5.64. The van der Waals surface area contributed by atoms with Crippen LogP contribution in [0.4, 0.5) is 5.69 Å². The normalized spacial score (nSPS) is 15.3. The van der Waals surface area contributed by atoms with Crippen LogP contribution in [0.1, 0.15) is 24.2 Å². The highest BCUT2D eigenvalue weighted by atomic mass is 35.5. The van der Waals surface area contributed by atoms with Gasteiger partial charge in [-0.25, -0.2) is 0 Å². The molecule has 0 aromatic heterocycles. The summed E-state index contributed by atoms with van der Waals surface area (Å²) in [5, 5.41) is 0.564. The molecule has 1 aliphatic heterocycles. The number of methoxy groups -OCH3 is 1. The van der Waals surface area contributed by atoms with Crippen LogP contribution in [0, 0.1) is 0 Å². The predicted molar refractivity (Wildman–Crippen MR) is 74.7 cm³/mol. The fraction of sp³-hybridized carbons (Fsp3) is 0.417. The molecule has 2 rings (SSSR count). The zero-order valence-electron chi connectivity index (χ0n) is 10.5. The van der Waals surface area contributed by atoms with Gasteiger partial charge in [-0.2, -0.15) is 0 Å². The van der Waals surface area contributed by atoms with Gasteiger partial charge in [0.05, 0.1) is 28.4 Å². The number of hydrogen-bond donors (Lipinski definition) is 0. The molecule has 1 aliphatic rings. The van der Waals surface area contributed by atoms with Crippen molar-refractivity contribution in [1.29, 1.82) is 0 Å². The molecule has 0 saturated carbocycles. The summed E-state index contributed by atoms with van der Waals surface area (Å²) in [6.07, 6.45) is 0. The number of ether oxygens (including phenoxy) is 1. The molecule has 4 nitrogen and oxygen atoms in total. The number of rotatable bonds is 3. The van der Waals surface area contributed by atoms with Crippen LogP contribution in [0.25, 0.3) is 0 Å². The summed E-state index contributed by atoms with van der Waals surface area (Å²) in [5.41, 5.74) is 1.35. The van der Waals surface area contributed by atoms with Crippen LogP contribution in [0.2, 0.25) is 5.02 Å². The summed E-state index contributed by atoms with van der Waals surface area (Å²) < 4.78 is 8.77. The SMILES string of the molecule is COCN1SN(C(C)C)C(=O)c2cccc(Cl)c21. The Morgan fingerprint density at radius 2 is 2.17 bits per heavy atom. The van der Waals surface area contributed by atoms with E-state index in [-0.39, 0.29) is 11.9 Å². The van der Waals surface area contributed by atoms with Crippen LogP contribution in [0.3, 0.4) is 0 Å². The van der Waals surface area contributed by atoms with Gasteiger partial charge in [-0.3, -0.25) is 13.4 Å². The Kier molecular flexibility index (Phi) is 4.04. The summed E-state index contributed by atoms with van der Waals surface area (Å²) in [5.74, 6) is -0.0140. The molecule has 0 N–H and O–H groups in total. The molecule has 0 aliphatic carbocycles. The monoisotopic (exact) mass is 286 g/mol. The highest BCUT2D eigenvalue weighted by Crippen LogP contribution is 2.41. The Morgan fingerprint density at radius 3 is 2.78 bits per heavy atom. The van der Waals surface area contributed by atoms with Crippen molar-refractivity contribution >= 4 is 35.3 Å². The van der Waals surface area contributed by atoms with Crippen molar-refractivity contribution in [2.75, 3.05) is 18.1 Å². The zero-order valence-corrected chi connectivity index (χ0v) is 12.1. The third kappa shape index (κ3) is 2.30. The molecule has 18 heavy (non-hydrogen) atoms. The van der Waals surface area contributed by atoms with Crippen LogP contribution < -0.4 is 4.31 Å². The first-order chi connectivity index (χ1) is 8.56. The number of anilines is 1. The molecule has 1 aromatic carbocycles. The first kappa shape index (κ1) is 13.5. The zero-order chi connectivity index (χ0) is 13.3. The Labute approximate surface area is 116 Å². The molecule has 1 aromatic rings. The summed E-state index contributed by atoms with van der Waals surface area (Å²) in [6, 6.07) is 5.47. The number of nitrogens with zero attached hydrogens (tertiary/aromatic N) is 2. The molecule has 0 spiro atoms. The molecule has 0 fully saturated rings. The summed E-state index contributed by atoms with van der Waals surface area (Å²) in [6.45, 7) is 4.33. The van der Waals surface area contributed by atoms with E-state index >= 15 is 0 Å². The highest BCUT2D eigenvalue weighted by Gasteiger charge is 2.33. The maximum absolute atomic E-state index is 12.3. The molecule has 0 saturated heterocycles. The lowest BCUT2D eigenvalue weighted by atomic mass is 10.1. The van der Waals surface area contributed by atoms with Gasteiger partial charge < -0.3 is 4.74 Å². The van der Waals surface area contributed by atoms with Gasteiger partial charge in [0.15, 0.2) is 0 Å². The van der Waals surface area contributed by atoms with Crippen molar-refractivity contribution in [3.05, 3.63) is 28.8 Å². The van der Waals surface area contributed by atoms with Crippen molar-refractivity contribution in [1.82, 2.24) is 4.31 Å². The van der Waals surface area contributed by atoms with E-state index in [2.05, 4.69) is 0 Å². The lowest BCUT2D eigenvalue weighted by Crippen LogP contribution is -2.40. The number of fused-ring (bicyclic) bond motifs is 1. The topological polar surface area (TPSA) is 32.8 Å². The van der Waals surface area contributed by atoms with Gasteiger partial charge in [0, 0.05) is 13.2 Å². The maximum atomic E-state index is 12.3. The van der Waals surface area contributed by atoms with Crippen molar-refractivity contribution in [3.8, 4) is 0 Å². The van der Waals surface area contributed by atoms with Crippen molar-refractivity contribution in [2.45, 2.75) is 19.9 Å². The van der Waals surface area contributed by atoms with Gasteiger partial charge in [-0.1, -0.05) is 17.7 Å². The Balaban J connectivity index is 2.48. The molecule has 1 amide bonds. The van der Waals surface area contributed by atoms with Gasteiger partial charge in [0.2, 0.25) is 0 Å². The molecular weight excluding hydrogens is 272 g/mol. The number of hydrogen-bond acceptors (Lipinski definition) is 4. The summed E-state index contributed by atoms with van der Waals surface area (Å²) >= 11 is 7.52. The van der Waals surface area contributed by atoms with Crippen LogP contribution in [-0.2, 0) is 4.74 Å². The molecule has 98 valence electrons. The third-order valence-electron chi connectivity index (χ3n) is 2.57. The molecule has 0 bridgehead atoms. The lowest BCUT2D eigenvalue weighted by Gasteiger charge is -2.37. The minimum atomic E-state index is -0.0140. The lowest BCUT2D eigenvalue weighted by molar-refractivity contribution is 0.0843. The molecule has 0 atom stereocenters. The summed E-state index contributed by atoms with van der Waals surface area (Å²) in [7, 11) is 1.62. The number of para-hydroxylation sites is 1. The van der Waals surface area contributed by atoms with Crippen LogP contribution in [-0.4, -0.2) is 30.1 Å². The van der Waals surface area contributed by atoms with Crippen molar-refractivity contribution in [3.63, 3.8) is 0 Å². The van der Waals surface area contributed by atoms with E-state index in [1.807, 2.05) is 18.2 Å². The Morgan fingerprint density at radius 1 is 1.44 bits per heavy atom. The van der Waals surface area contributed by atoms with E-state index in [1.54, 1.807) is 29.6 Å². The van der Waals surface area contributed by atoms with E-state index in [4.69, 9.17) is 16.3 Å². The molecule has 1 heterocycles. The highest BCUT2D eigenvalue weighted by molar-refractivity contribution is 7.99. The number of carbonyl (C=O) groups is 1. The number of carbonyl (C=O) groups excluding carboxylic acids is 1. The quantitative estimate of drug-likeness (QED) is 0.799. The van der Waals surface area contributed by atoms with Crippen LogP contribution in [0.5, 0.6) is 0 Å². The van der Waals surface area contributed by atoms with Gasteiger partial charge in [0.25, 0.3) is 5.91 Å². The minimum Gasteiger partial charge on any atom is -0.363 e. The number of halogens is 1. The Bertz CT molecular complexity index is 467. The largest absolute Gasteiger partial charge is 0.363 e. The van der Waals surface area contributed by atoms with E-state index in [9.17, 15) is 4.79 Å². The minimum absolute atomic E-state index is 0.0140. The van der Waals surface area contributed by atoms with Gasteiger partial charge >= 0.3 is 0 Å². The molecular formula is C12H15ClN2O2S. The van der Waals surface area contributed by atoms with Crippen LogP contribution >= 0.6 is 23.7 Å². The fourth-order valence-corrected chi connectivity index (χ4v) is 3.11. The van der Waals surface area contributed by atoms with E-state index in [0.29, 0.717) is 17.3 Å².